The number of carbonyl (C=O) groups is 1. The summed E-state index contributed by atoms with van der Waals surface area (Å²) in [5.41, 5.74) is 5.69. The Morgan fingerprint density at radius 3 is 2.27 bits per heavy atom. The lowest BCUT2D eigenvalue weighted by Crippen LogP contribution is -2.43. The van der Waals surface area contributed by atoms with Crippen molar-refractivity contribution in [2.75, 3.05) is 18.0 Å². The highest BCUT2D eigenvalue weighted by Crippen LogP contribution is 2.23. The molecule has 1 atom stereocenters. The van der Waals surface area contributed by atoms with Crippen LogP contribution in [0.3, 0.4) is 0 Å². The van der Waals surface area contributed by atoms with E-state index in [0.29, 0.717) is 19.0 Å². The Bertz CT molecular complexity index is 981. The first kappa shape index (κ1) is 20.1. The second-order valence-electron chi connectivity index (χ2n) is 8.13. The number of hydrogen-bond acceptors (Lipinski definition) is 4. The van der Waals surface area contributed by atoms with Gasteiger partial charge in [-0.2, -0.15) is 0 Å². The molecule has 5 nitrogen and oxygen atoms in total. The van der Waals surface area contributed by atoms with Gasteiger partial charge in [0.15, 0.2) is 0 Å². The Hall–Kier alpha value is -3.21. The number of amides is 1. The van der Waals surface area contributed by atoms with Gasteiger partial charge in [0.1, 0.15) is 0 Å². The molecule has 1 fully saturated rings. The first-order valence-electron chi connectivity index (χ1n) is 10.6. The highest BCUT2D eigenvalue weighted by atomic mass is 16.1. The van der Waals surface area contributed by atoms with E-state index in [1.165, 1.54) is 11.1 Å². The molecule has 2 aromatic carbocycles. The Labute approximate surface area is 178 Å². The van der Waals surface area contributed by atoms with Gasteiger partial charge in [-0.25, -0.2) is 9.97 Å². The van der Waals surface area contributed by atoms with Crippen molar-refractivity contribution >= 4 is 11.9 Å². The van der Waals surface area contributed by atoms with Crippen LogP contribution in [0.4, 0.5) is 5.95 Å². The van der Waals surface area contributed by atoms with Gasteiger partial charge >= 0.3 is 0 Å². The van der Waals surface area contributed by atoms with Crippen molar-refractivity contribution in [1.29, 1.82) is 0 Å². The molecule has 0 bridgehead atoms. The van der Waals surface area contributed by atoms with E-state index in [1.54, 1.807) is 0 Å². The number of carbonyl (C=O) groups excluding carboxylic acids is 1. The van der Waals surface area contributed by atoms with Gasteiger partial charge < -0.3 is 10.2 Å². The van der Waals surface area contributed by atoms with Gasteiger partial charge in [-0.15, -0.1) is 0 Å². The monoisotopic (exact) mass is 400 g/mol. The van der Waals surface area contributed by atoms with Crippen LogP contribution in [0, 0.1) is 19.8 Å². The molecular formula is C25H28N4O. The fourth-order valence-electron chi connectivity index (χ4n) is 3.79. The normalized spacial score (nSPS) is 16.3. The molecule has 1 N–H and O–H groups in total. The summed E-state index contributed by atoms with van der Waals surface area (Å²) < 4.78 is 0. The van der Waals surface area contributed by atoms with Crippen molar-refractivity contribution in [1.82, 2.24) is 15.3 Å². The summed E-state index contributed by atoms with van der Waals surface area (Å²) in [5.74, 6) is 0.767. The molecule has 0 aliphatic carbocycles. The van der Waals surface area contributed by atoms with Crippen molar-refractivity contribution in [2.45, 2.75) is 33.2 Å². The van der Waals surface area contributed by atoms with Crippen molar-refractivity contribution < 1.29 is 4.79 Å². The van der Waals surface area contributed by atoms with Crippen LogP contribution in [0.1, 0.15) is 29.5 Å². The predicted molar refractivity (Wildman–Crippen MR) is 120 cm³/mol. The first-order valence-corrected chi connectivity index (χ1v) is 10.6. The fourth-order valence-corrected chi connectivity index (χ4v) is 3.79. The molecule has 1 saturated heterocycles. The van der Waals surface area contributed by atoms with Gasteiger partial charge in [0, 0.05) is 37.6 Å². The van der Waals surface area contributed by atoms with E-state index in [2.05, 4.69) is 82.6 Å². The third-order valence-electron chi connectivity index (χ3n) is 5.69. The lowest BCUT2D eigenvalue weighted by atomic mass is 9.97. The summed E-state index contributed by atoms with van der Waals surface area (Å²) in [4.78, 5) is 24.0. The maximum absolute atomic E-state index is 12.7. The van der Waals surface area contributed by atoms with E-state index in [-0.39, 0.29) is 11.8 Å². The molecule has 0 spiro atoms. The smallest absolute Gasteiger partial charge is 0.225 e. The van der Waals surface area contributed by atoms with Gasteiger partial charge in [-0.05, 0) is 37.8 Å². The molecule has 30 heavy (non-hydrogen) atoms. The second-order valence-corrected chi connectivity index (χ2v) is 8.13. The molecule has 0 unspecified atom stereocenters. The number of piperidine rings is 1. The number of nitrogens with one attached hydrogen (secondary N) is 1. The van der Waals surface area contributed by atoms with Crippen molar-refractivity contribution in [3.05, 3.63) is 77.6 Å². The lowest BCUT2D eigenvalue weighted by Gasteiger charge is -2.32. The van der Waals surface area contributed by atoms with E-state index in [9.17, 15) is 4.79 Å². The number of nitrogens with zero attached hydrogens (tertiary/aromatic N) is 3. The van der Waals surface area contributed by atoms with Crippen LogP contribution in [-0.4, -0.2) is 29.0 Å². The van der Waals surface area contributed by atoms with Crippen LogP contribution < -0.4 is 10.2 Å². The molecular weight excluding hydrogens is 372 g/mol. The van der Waals surface area contributed by atoms with Gasteiger partial charge in [0.2, 0.25) is 11.9 Å². The Balaban J connectivity index is 1.36. The Kier molecular flexibility index (Phi) is 6.07. The minimum Gasteiger partial charge on any atom is -0.352 e. The van der Waals surface area contributed by atoms with E-state index in [4.69, 9.17) is 0 Å². The molecule has 1 amide bonds. The Morgan fingerprint density at radius 1 is 0.967 bits per heavy atom. The number of rotatable bonds is 5. The average molecular weight is 401 g/mol. The lowest BCUT2D eigenvalue weighted by molar-refractivity contribution is -0.125. The molecule has 154 valence electrons. The van der Waals surface area contributed by atoms with Crippen molar-refractivity contribution in [3.8, 4) is 11.1 Å². The molecule has 1 aromatic heterocycles. The minimum atomic E-state index is -0.0374. The second kappa shape index (κ2) is 9.08. The fraction of sp³-hybridized carbons (Fsp3) is 0.320. The number of aryl methyl sites for hydroxylation is 2. The standard InChI is InChI=1S/C25H28N4O/c1-18-5-9-20(10-6-18)14-26-24(30)22-4-3-13-29(17-22)25-27-15-23(16-28-25)21-11-7-19(2)8-12-21/h5-12,15-16,22H,3-4,13-14,17H2,1-2H3,(H,26,30)/t22-/m1/s1. The molecule has 0 radical (unpaired) electrons. The summed E-state index contributed by atoms with van der Waals surface area (Å²) in [7, 11) is 0. The zero-order chi connectivity index (χ0) is 20.9. The summed E-state index contributed by atoms with van der Waals surface area (Å²) in [6.07, 6.45) is 5.60. The number of benzene rings is 2. The van der Waals surface area contributed by atoms with Crippen LogP contribution >= 0.6 is 0 Å². The third-order valence-corrected chi connectivity index (χ3v) is 5.69. The van der Waals surface area contributed by atoms with Gasteiger partial charge in [-0.3, -0.25) is 4.79 Å². The van der Waals surface area contributed by atoms with Crippen molar-refractivity contribution in [3.63, 3.8) is 0 Å². The zero-order valence-corrected chi connectivity index (χ0v) is 17.6. The predicted octanol–water partition coefficient (Wildman–Crippen LogP) is 4.29. The molecule has 2 heterocycles. The maximum atomic E-state index is 12.7. The highest BCUT2D eigenvalue weighted by Gasteiger charge is 2.27. The molecule has 5 heteroatoms. The Morgan fingerprint density at radius 2 is 1.60 bits per heavy atom. The molecule has 0 saturated carbocycles. The number of aromatic nitrogens is 2. The van der Waals surface area contributed by atoms with Gasteiger partial charge in [-0.1, -0.05) is 59.7 Å². The minimum absolute atomic E-state index is 0.0374. The van der Waals surface area contributed by atoms with E-state index in [1.807, 2.05) is 12.4 Å². The highest BCUT2D eigenvalue weighted by molar-refractivity contribution is 5.79. The molecule has 4 rings (SSSR count). The van der Waals surface area contributed by atoms with Crippen LogP contribution in [0.5, 0.6) is 0 Å². The van der Waals surface area contributed by atoms with Crippen molar-refractivity contribution in [2.24, 2.45) is 5.92 Å². The molecule has 3 aromatic rings. The molecule has 1 aliphatic rings. The summed E-state index contributed by atoms with van der Waals surface area (Å²) in [6.45, 7) is 6.24. The van der Waals surface area contributed by atoms with Crippen LogP contribution in [0.15, 0.2) is 60.9 Å². The van der Waals surface area contributed by atoms with E-state index < -0.39 is 0 Å². The SMILES string of the molecule is Cc1ccc(CNC(=O)[C@@H]2CCCN(c3ncc(-c4ccc(C)cc4)cn3)C2)cc1. The zero-order valence-electron chi connectivity index (χ0n) is 17.6. The maximum Gasteiger partial charge on any atom is 0.225 e. The summed E-state index contributed by atoms with van der Waals surface area (Å²) >= 11 is 0. The number of hydrogen-bond donors (Lipinski definition) is 1. The average Bonchev–Trinajstić information content (AvgIpc) is 2.79. The van der Waals surface area contributed by atoms with E-state index in [0.717, 1.165) is 36.1 Å². The van der Waals surface area contributed by atoms with Crippen LogP contribution in [-0.2, 0) is 11.3 Å². The number of anilines is 1. The third kappa shape index (κ3) is 4.85. The first-order chi connectivity index (χ1) is 14.6. The summed E-state index contributed by atoms with van der Waals surface area (Å²) in [6, 6.07) is 16.6. The quantitative estimate of drug-likeness (QED) is 0.694. The van der Waals surface area contributed by atoms with E-state index >= 15 is 0 Å². The van der Waals surface area contributed by atoms with Gasteiger partial charge in [0.25, 0.3) is 0 Å². The molecule has 1 aliphatic heterocycles. The summed E-state index contributed by atoms with van der Waals surface area (Å²) in [5, 5.41) is 3.09. The topological polar surface area (TPSA) is 58.1 Å². The van der Waals surface area contributed by atoms with Crippen LogP contribution in [0.2, 0.25) is 0 Å². The van der Waals surface area contributed by atoms with Crippen LogP contribution in [0.25, 0.3) is 11.1 Å². The van der Waals surface area contributed by atoms with Gasteiger partial charge in [0.05, 0.1) is 5.92 Å². The largest absolute Gasteiger partial charge is 0.352 e.